The fourth-order valence-electron chi connectivity index (χ4n) is 4.92. The van der Waals surface area contributed by atoms with Gasteiger partial charge in [-0.2, -0.15) is 10.1 Å². The zero-order valence-corrected chi connectivity index (χ0v) is 19.1. The van der Waals surface area contributed by atoms with Crippen LogP contribution in [0.15, 0.2) is 78.4 Å². The number of para-hydroxylation sites is 3. The Hall–Kier alpha value is -4.26. The lowest BCUT2D eigenvalue weighted by Gasteiger charge is -2.39. The number of hydrogen-bond acceptors (Lipinski definition) is 6. The number of fused-ring (bicyclic) bond motifs is 3. The third-order valence-electron chi connectivity index (χ3n) is 6.34. The predicted molar refractivity (Wildman–Crippen MR) is 129 cm³/mol. The Morgan fingerprint density at radius 2 is 1.50 bits per heavy atom. The molecule has 0 bridgehead atoms. The third kappa shape index (κ3) is 3.04. The molecule has 2 unspecified atom stereocenters. The first-order valence-electron chi connectivity index (χ1n) is 11.2. The van der Waals surface area contributed by atoms with Crippen LogP contribution in [0.25, 0.3) is 5.70 Å². The van der Waals surface area contributed by atoms with Crippen molar-refractivity contribution in [1.29, 1.82) is 0 Å². The number of benzene rings is 3. The van der Waals surface area contributed by atoms with E-state index in [0.717, 1.165) is 45.2 Å². The van der Waals surface area contributed by atoms with Gasteiger partial charge in [0.1, 0.15) is 29.1 Å². The van der Waals surface area contributed by atoms with Crippen molar-refractivity contribution in [3.8, 4) is 17.2 Å². The van der Waals surface area contributed by atoms with Gasteiger partial charge in [-0.3, -0.25) is 0 Å². The van der Waals surface area contributed by atoms with Gasteiger partial charge in [0.25, 0.3) is 0 Å². The van der Waals surface area contributed by atoms with Crippen LogP contribution in [0.1, 0.15) is 34.7 Å². The predicted octanol–water partition coefficient (Wildman–Crippen LogP) is 5.16. The molecule has 7 nitrogen and oxygen atoms in total. The van der Waals surface area contributed by atoms with E-state index in [4.69, 9.17) is 19.3 Å². The molecule has 2 atom stereocenters. The minimum atomic E-state index is -0.416. The van der Waals surface area contributed by atoms with Crippen LogP contribution in [0.3, 0.4) is 0 Å². The highest BCUT2D eigenvalue weighted by Gasteiger charge is 2.42. The molecule has 0 saturated heterocycles. The lowest BCUT2D eigenvalue weighted by atomic mass is 9.84. The molecule has 0 spiro atoms. The van der Waals surface area contributed by atoms with Crippen LogP contribution in [0.5, 0.6) is 17.2 Å². The van der Waals surface area contributed by atoms with Gasteiger partial charge in [0.2, 0.25) is 5.95 Å². The van der Waals surface area contributed by atoms with Crippen LogP contribution < -0.4 is 19.5 Å². The minimum absolute atomic E-state index is 0.299. The zero-order valence-electron chi connectivity index (χ0n) is 19.1. The number of hydrogen-bond donors (Lipinski definition) is 1. The minimum Gasteiger partial charge on any atom is -0.496 e. The molecule has 3 heterocycles. The number of methoxy groups -OCH3 is 2. The number of nitrogens with zero attached hydrogens (tertiary/aromatic N) is 3. The van der Waals surface area contributed by atoms with Crippen LogP contribution in [-0.2, 0) is 0 Å². The molecule has 0 amide bonds. The maximum Gasteiger partial charge on any atom is 0.226 e. The van der Waals surface area contributed by atoms with Crippen molar-refractivity contribution >= 4 is 11.6 Å². The normalized spacial score (nSPS) is 18.2. The molecule has 4 aromatic rings. The maximum atomic E-state index is 6.70. The Kier molecular flexibility index (Phi) is 4.76. The van der Waals surface area contributed by atoms with E-state index < -0.39 is 6.10 Å². The van der Waals surface area contributed by atoms with Crippen LogP contribution in [0.2, 0.25) is 0 Å². The summed E-state index contributed by atoms with van der Waals surface area (Å²) in [5.74, 6) is 3.71. The van der Waals surface area contributed by atoms with Gasteiger partial charge in [-0.05, 0) is 31.2 Å². The second-order valence-electron chi connectivity index (χ2n) is 8.26. The van der Waals surface area contributed by atoms with Gasteiger partial charge in [0.05, 0.1) is 19.9 Å². The van der Waals surface area contributed by atoms with E-state index in [1.165, 1.54) is 0 Å². The SMILES string of the molecule is COc1ccccc1C1Oc2ccccc2C2=C1C(c1ccccc1OC)n1nc(C)nc1N2. The summed E-state index contributed by atoms with van der Waals surface area (Å²) in [5, 5.41) is 8.33. The Balaban J connectivity index is 1.67. The van der Waals surface area contributed by atoms with Crippen molar-refractivity contribution in [2.75, 3.05) is 19.5 Å². The Morgan fingerprint density at radius 3 is 2.26 bits per heavy atom. The maximum absolute atomic E-state index is 6.70. The number of rotatable bonds is 4. The van der Waals surface area contributed by atoms with Gasteiger partial charge in [-0.25, -0.2) is 4.68 Å². The Morgan fingerprint density at radius 1 is 0.853 bits per heavy atom. The van der Waals surface area contributed by atoms with Gasteiger partial charge in [0, 0.05) is 22.3 Å². The van der Waals surface area contributed by atoms with Gasteiger partial charge < -0.3 is 19.5 Å². The lowest BCUT2D eigenvalue weighted by molar-refractivity contribution is 0.217. The number of ether oxygens (including phenoxy) is 3. The highest BCUT2D eigenvalue weighted by Crippen LogP contribution is 2.52. The van der Waals surface area contributed by atoms with Crippen LogP contribution in [-0.4, -0.2) is 29.0 Å². The monoisotopic (exact) mass is 452 g/mol. The zero-order chi connectivity index (χ0) is 23.2. The first-order chi connectivity index (χ1) is 16.7. The van der Waals surface area contributed by atoms with E-state index >= 15 is 0 Å². The molecule has 34 heavy (non-hydrogen) atoms. The van der Waals surface area contributed by atoms with Crippen molar-refractivity contribution < 1.29 is 14.2 Å². The summed E-state index contributed by atoms with van der Waals surface area (Å²) in [5.41, 5.74) is 4.89. The van der Waals surface area contributed by atoms with E-state index in [9.17, 15) is 0 Å². The number of aryl methyl sites for hydroxylation is 1. The highest BCUT2D eigenvalue weighted by atomic mass is 16.5. The molecule has 0 aliphatic carbocycles. The lowest BCUT2D eigenvalue weighted by Crippen LogP contribution is -2.32. The van der Waals surface area contributed by atoms with Crippen molar-refractivity contribution in [2.24, 2.45) is 0 Å². The summed E-state index contributed by atoms with van der Waals surface area (Å²) < 4.78 is 20.1. The van der Waals surface area contributed by atoms with Crippen LogP contribution >= 0.6 is 0 Å². The average molecular weight is 453 g/mol. The molecular formula is C27H24N4O3. The quantitative estimate of drug-likeness (QED) is 0.461. The third-order valence-corrected chi connectivity index (χ3v) is 6.34. The van der Waals surface area contributed by atoms with Crippen LogP contribution in [0.4, 0.5) is 5.95 Å². The van der Waals surface area contributed by atoms with Gasteiger partial charge in [0.15, 0.2) is 6.10 Å². The Bertz CT molecular complexity index is 1420. The van der Waals surface area contributed by atoms with Gasteiger partial charge >= 0.3 is 0 Å². The molecular weight excluding hydrogens is 428 g/mol. The fourth-order valence-corrected chi connectivity index (χ4v) is 4.92. The van der Waals surface area contributed by atoms with Gasteiger partial charge in [-0.15, -0.1) is 0 Å². The molecule has 2 aliphatic heterocycles. The first kappa shape index (κ1) is 20.4. The molecule has 7 heteroatoms. The molecule has 6 rings (SSSR count). The molecule has 170 valence electrons. The van der Waals surface area contributed by atoms with Crippen LogP contribution in [0, 0.1) is 6.92 Å². The van der Waals surface area contributed by atoms with E-state index in [0.29, 0.717) is 11.8 Å². The summed E-state index contributed by atoms with van der Waals surface area (Å²) in [4.78, 5) is 4.68. The van der Waals surface area contributed by atoms with Crippen molar-refractivity contribution in [1.82, 2.24) is 14.8 Å². The number of nitrogens with one attached hydrogen (secondary N) is 1. The van der Waals surface area contributed by atoms with E-state index in [-0.39, 0.29) is 6.04 Å². The second-order valence-corrected chi connectivity index (χ2v) is 8.26. The molecule has 1 N–H and O–H groups in total. The van der Waals surface area contributed by atoms with E-state index in [1.54, 1.807) is 14.2 Å². The molecule has 2 aliphatic rings. The highest BCUT2D eigenvalue weighted by molar-refractivity contribution is 5.85. The second kappa shape index (κ2) is 7.95. The standard InChI is InChI=1S/C27H24N4O3/c1-16-28-27-29-24-17-10-4-9-15-22(17)34-26(19-12-6-8-14-21(19)33-3)23(24)25(31(27)30-16)18-11-5-7-13-20(18)32-2/h4-15,25-26H,1-3H3,(H,28,29,30). The number of anilines is 1. The smallest absolute Gasteiger partial charge is 0.226 e. The molecule has 0 fully saturated rings. The summed E-state index contributed by atoms with van der Waals surface area (Å²) >= 11 is 0. The molecule has 1 aromatic heterocycles. The summed E-state index contributed by atoms with van der Waals surface area (Å²) in [6.07, 6.45) is -0.416. The van der Waals surface area contributed by atoms with Gasteiger partial charge in [-0.1, -0.05) is 48.5 Å². The van der Waals surface area contributed by atoms with E-state index in [2.05, 4.69) is 22.4 Å². The van der Waals surface area contributed by atoms with Crippen molar-refractivity contribution in [2.45, 2.75) is 19.1 Å². The average Bonchev–Trinajstić information content (AvgIpc) is 3.26. The molecule has 0 radical (unpaired) electrons. The topological polar surface area (TPSA) is 70.4 Å². The molecule has 3 aromatic carbocycles. The summed E-state index contributed by atoms with van der Waals surface area (Å²) in [7, 11) is 3.37. The fraction of sp³-hybridized carbons (Fsp3) is 0.185. The Labute approximate surface area is 197 Å². The van der Waals surface area contributed by atoms with Crippen molar-refractivity contribution in [3.63, 3.8) is 0 Å². The number of aromatic nitrogens is 3. The summed E-state index contributed by atoms with van der Waals surface area (Å²) in [6, 6.07) is 23.7. The summed E-state index contributed by atoms with van der Waals surface area (Å²) in [6.45, 7) is 1.90. The first-order valence-corrected chi connectivity index (χ1v) is 11.2. The van der Waals surface area contributed by atoms with Crippen molar-refractivity contribution in [3.05, 3.63) is 101 Å². The largest absolute Gasteiger partial charge is 0.496 e. The molecule has 0 saturated carbocycles. The van der Waals surface area contributed by atoms with E-state index in [1.807, 2.05) is 72.3 Å².